The minimum atomic E-state index is -3.74. The highest BCUT2D eigenvalue weighted by Gasteiger charge is 2.45. The Bertz CT molecular complexity index is 2060. The molecule has 3 amide bonds. The Morgan fingerprint density at radius 1 is 0.889 bits per heavy atom. The number of amides is 3. The first-order valence-electron chi connectivity index (χ1n) is 18.9. The number of carbonyl (C=O) groups excluding carboxylic acids is 3. The third-order valence-electron chi connectivity index (χ3n) is 11.0. The van der Waals surface area contributed by atoms with Crippen LogP contribution >= 0.6 is 0 Å². The highest BCUT2D eigenvalue weighted by atomic mass is 32.2. The van der Waals surface area contributed by atoms with E-state index in [1.165, 1.54) is 9.80 Å². The lowest BCUT2D eigenvalue weighted by Gasteiger charge is -2.40. The molecule has 1 saturated heterocycles. The average molecular weight is 749 g/mol. The summed E-state index contributed by atoms with van der Waals surface area (Å²) in [4.78, 5) is 50.7. The average Bonchev–Trinajstić information content (AvgIpc) is 3.49. The smallest absolute Gasteiger partial charge is 0.410 e. The molecule has 0 radical (unpaired) electrons. The molecular weight excluding hydrogens is 701 g/mol. The van der Waals surface area contributed by atoms with Crippen molar-refractivity contribution >= 4 is 33.4 Å². The van der Waals surface area contributed by atoms with Crippen LogP contribution in [0.15, 0.2) is 97.3 Å². The van der Waals surface area contributed by atoms with Gasteiger partial charge in [-0.3, -0.25) is 24.4 Å². The van der Waals surface area contributed by atoms with E-state index in [9.17, 15) is 18.0 Å². The van der Waals surface area contributed by atoms with Crippen molar-refractivity contribution < 1.29 is 27.5 Å². The molecule has 282 valence electrons. The standard InChI is InChI=1S/C43H48N4O6S/c1-43(2,3)30-19-21-32(22-20-30)47(39(29-12-11-23-44-26-29)40(48)45-31-13-5-4-6-14-31)41(49)38-28-54(51,52)25-24-46(38)42(50)53-27-37-35-17-9-7-15-33(35)34-16-8-10-18-36(34)37/h7-12,15-23,26,31,37-39H,4-6,13-14,24-25,27-28H2,1-3H3,(H,45,48). The lowest BCUT2D eigenvalue weighted by molar-refractivity contribution is -0.129. The van der Waals surface area contributed by atoms with Crippen LogP contribution in [0.5, 0.6) is 0 Å². The van der Waals surface area contributed by atoms with E-state index in [-0.39, 0.29) is 36.3 Å². The molecule has 0 bridgehead atoms. The van der Waals surface area contributed by atoms with Gasteiger partial charge in [-0.05, 0) is 64.3 Å². The molecular formula is C43H48N4O6S. The highest BCUT2D eigenvalue weighted by Crippen LogP contribution is 2.44. The summed E-state index contributed by atoms with van der Waals surface area (Å²) in [6.07, 6.45) is 7.12. The van der Waals surface area contributed by atoms with Gasteiger partial charge >= 0.3 is 6.09 Å². The first kappa shape index (κ1) is 37.3. The summed E-state index contributed by atoms with van der Waals surface area (Å²) in [7, 11) is -3.74. The molecule has 1 saturated carbocycles. The first-order valence-corrected chi connectivity index (χ1v) is 20.7. The van der Waals surface area contributed by atoms with Gasteiger partial charge in [-0.25, -0.2) is 13.2 Å². The Morgan fingerprint density at radius 3 is 2.15 bits per heavy atom. The molecule has 10 nitrogen and oxygen atoms in total. The van der Waals surface area contributed by atoms with E-state index in [0.717, 1.165) is 59.9 Å². The van der Waals surface area contributed by atoms with Crippen molar-refractivity contribution in [2.24, 2.45) is 0 Å². The van der Waals surface area contributed by atoms with Crippen LogP contribution in [0.25, 0.3) is 11.1 Å². The molecule has 2 unspecified atom stereocenters. The topological polar surface area (TPSA) is 126 Å². The molecule has 1 aromatic heterocycles. The highest BCUT2D eigenvalue weighted by molar-refractivity contribution is 7.91. The maximum absolute atomic E-state index is 15.2. The Kier molecular flexibility index (Phi) is 10.6. The zero-order chi connectivity index (χ0) is 38.0. The molecule has 54 heavy (non-hydrogen) atoms. The fraction of sp³-hybridized carbons (Fsp3) is 0.395. The van der Waals surface area contributed by atoms with Gasteiger partial charge in [0.25, 0.3) is 5.91 Å². The van der Waals surface area contributed by atoms with Gasteiger partial charge in [0.15, 0.2) is 9.84 Å². The second kappa shape index (κ2) is 15.4. The monoisotopic (exact) mass is 748 g/mol. The number of hydrogen-bond donors (Lipinski definition) is 1. The molecule has 3 aliphatic rings. The summed E-state index contributed by atoms with van der Waals surface area (Å²) < 4.78 is 32.6. The van der Waals surface area contributed by atoms with E-state index < -0.39 is 45.6 Å². The number of rotatable bonds is 8. The van der Waals surface area contributed by atoms with E-state index in [0.29, 0.717) is 11.3 Å². The van der Waals surface area contributed by atoms with Gasteiger partial charge in [0.2, 0.25) is 5.91 Å². The van der Waals surface area contributed by atoms with Crippen LogP contribution in [0, 0.1) is 0 Å². The van der Waals surface area contributed by atoms with E-state index >= 15 is 4.79 Å². The summed E-state index contributed by atoms with van der Waals surface area (Å²) in [5.41, 5.74) is 5.92. The van der Waals surface area contributed by atoms with Crippen molar-refractivity contribution in [3.05, 3.63) is 120 Å². The van der Waals surface area contributed by atoms with Crippen LogP contribution in [-0.2, 0) is 29.6 Å². The quantitative estimate of drug-likeness (QED) is 0.207. The molecule has 2 aliphatic carbocycles. The molecule has 1 aliphatic heterocycles. The normalized spacial score (nSPS) is 18.9. The van der Waals surface area contributed by atoms with Gasteiger partial charge in [0.05, 0.1) is 11.5 Å². The number of hydrogen-bond acceptors (Lipinski definition) is 7. The molecule has 2 atom stereocenters. The number of benzene rings is 3. The molecule has 3 aromatic carbocycles. The van der Waals surface area contributed by atoms with Crippen molar-refractivity contribution in [3.8, 4) is 11.1 Å². The van der Waals surface area contributed by atoms with E-state index in [2.05, 4.69) is 31.1 Å². The molecule has 4 aromatic rings. The van der Waals surface area contributed by atoms with E-state index in [1.807, 2.05) is 60.7 Å². The number of carbonyl (C=O) groups is 3. The number of anilines is 1. The molecule has 7 rings (SSSR count). The number of sulfone groups is 1. The van der Waals surface area contributed by atoms with Gasteiger partial charge in [0, 0.05) is 42.1 Å². The van der Waals surface area contributed by atoms with Crippen molar-refractivity contribution in [2.75, 3.05) is 29.6 Å². The number of nitrogens with one attached hydrogen (secondary N) is 1. The summed E-state index contributed by atoms with van der Waals surface area (Å²) in [6.45, 7) is 6.04. The summed E-state index contributed by atoms with van der Waals surface area (Å²) in [5, 5.41) is 3.20. The third kappa shape index (κ3) is 7.78. The lowest BCUT2D eigenvalue weighted by atomic mass is 9.87. The predicted octanol–water partition coefficient (Wildman–Crippen LogP) is 6.95. The zero-order valence-corrected chi connectivity index (χ0v) is 31.9. The SMILES string of the molecule is CC(C)(C)c1ccc(N(C(=O)C2CS(=O)(=O)CCN2C(=O)OCC2c3ccccc3-c3ccccc32)C(C(=O)NC2CCCCC2)c2cccnc2)cc1. The molecule has 11 heteroatoms. The van der Waals surface area contributed by atoms with Crippen LogP contribution in [0.1, 0.15) is 87.1 Å². The third-order valence-corrected chi connectivity index (χ3v) is 12.6. The fourth-order valence-electron chi connectivity index (χ4n) is 8.08. The maximum Gasteiger partial charge on any atom is 0.410 e. The van der Waals surface area contributed by atoms with Crippen molar-refractivity contribution in [1.29, 1.82) is 0 Å². The van der Waals surface area contributed by atoms with Crippen LogP contribution in [0.2, 0.25) is 0 Å². The summed E-state index contributed by atoms with van der Waals surface area (Å²) in [6, 6.07) is 24.1. The Balaban J connectivity index is 1.24. The number of nitrogens with zero attached hydrogens (tertiary/aromatic N) is 3. The fourth-order valence-corrected chi connectivity index (χ4v) is 9.52. The Hall–Kier alpha value is -5.03. The van der Waals surface area contributed by atoms with Gasteiger partial charge in [-0.1, -0.05) is 107 Å². The predicted molar refractivity (Wildman–Crippen MR) is 209 cm³/mol. The van der Waals surface area contributed by atoms with Crippen molar-refractivity contribution in [1.82, 2.24) is 15.2 Å². The van der Waals surface area contributed by atoms with Crippen LogP contribution in [0.3, 0.4) is 0 Å². The molecule has 0 spiro atoms. The number of pyridine rings is 1. The number of fused-ring (bicyclic) bond motifs is 3. The zero-order valence-electron chi connectivity index (χ0n) is 31.1. The maximum atomic E-state index is 15.2. The Morgan fingerprint density at radius 2 is 1.54 bits per heavy atom. The lowest BCUT2D eigenvalue weighted by Crippen LogP contribution is -2.60. The van der Waals surface area contributed by atoms with Crippen LogP contribution < -0.4 is 10.2 Å². The molecule has 2 fully saturated rings. The second-order valence-electron chi connectivity index (χ2n) is 15.7. The molecule has 2 heterocycles. The van der Waals surface area contributed by atoms with Crippen LogP contribution in [0.4, 0.5) is 10.5 Å². The van der Waals surface area contributed by atoms with Gasteiger partial charge < -0.3 is 10.1 Å². The second-order valence-corrected chi connectivity index (χ2v) is 17.9. The van der Waals surface area contributed by atoms with Crippen LogP contribution in [-0.4, -0.2) is 73.0 Å². The van der Waals surface area contributed by atoms with E-state index in [1.54, 1.807) is 36.7 Å². The van der Waals surface area contributed by atoms with Crippen molar-refractivity contribution in [2.45, 2.75) is 82.3 Å². The first-order chi connectivity index (χ1) is 25.9. The minimum Gasteiger partial charge on any atom is -0.448 e. The molecule has 1 N–H and O–H groups in total. The largest absolute Gasteiger partial charge is 0.448 e. The minimum absolute atomic E-state index is 0.0110. The summed E-state index contributed by atoms with van der Waals surface area (Å²) >= 11 is 0. The van der Waals surface area contributed by atoms with Gasteiger partial charge in [-0.15, -0.1) is 0 Å². The van der Waals surface area contributed by atoms with Crippen molar-refractivity contribution in [3.63, 3.8) is 0 Å². The van der Waals surface area contributed by atoms with Gasteiger partial charge in [-0.2, -0.15) is 0 Å². The number of aromatic nitrogens is 1. The number of ether oxygens (including phenoxy) is 1. The summed E-state index contributed by atoms with van der Waals surface area (Å²) in [5.74, 6) is -2.22. The Labute approximate surface area is 317 Å². The van der Waals surface area contributed by atoms with Gasteiger partial charge in [0.1, 0.15) is 18.7 Å². The van der Waals surface area contributed by atoms with E-state index in [4.69, 9.17) is 4.74 Å².